The molecule has 1 atom stereocenters. The number of carbonyl (C=O) groups is 1. The largest absolute Gasteiger partial charge is 0.486 e. The van der Waals surface area contributed by atoms with E-state index in [9.17, 15) is 4.79 Å². The van der Waals surface area contributed by atoms with Gasteiger partial charge in [0.1, 0.15) is 13.2 Å². The third-order valence-corrected chi connectivity index (χ3v) is 6.20. The summed E-state index contributed by atoms with van der Waals surface area (Å²) in [5.74, 6) is 1.92. The molecular weight excluding hydrogens is 330 g/mol. The molecule has 3 aliphatic rings. The van der Waals surface area contributed by atoms with Crippen LogP contribution in [0.15, 0.2) is 12.1 Å². The van der Waals surface area contributed by atoms with Crippen LogP contribution in [0.3, 0.4) is 0 Å². The van der Waals surface area contributed by atoms with Gasteiger partial charge in [0, 0.05) is 44.7 Å². The molecule has 3 aliphatic heterocycles. The van der Waals surface area contributed by atoms with Crippen LogP contribution in [0.25, 0.3) is 0 Å². The molecule has 2 fully saturated rings. The molecule has 6 heteroatoms. The van der Waals surface area contributed by atoms with Gasteiger partial charge in [-0.25, -0.2) is 0 Å². The summed E-state index contributed by atoms with van der Waals surface area (Å²) in [7, 11) is 2.21. The second-order valence-corrected chi connectivity index (χ2v) is 7.88. The number of hydrogen-bond donors (Lipinski definition) is 1. The van der Waals surface area contributed by atoms with E-state index >= 15 is 0 Å². The number of nitrogens with one attached hydrogen (secondary N) is 1. The maximum atomic E-state index is 11.8. The van der Waals surface area contributed by atoms with Gasteiger partial charge in [0.15, 0.2) is 11.5 Å². The highest BCUT2D eigenvalue weighted by Gasteiger charge is 2.40. The molecule has 1 aromatic carbocycles. The molecule has 0 bridgehead atoms. The molecule has 1 N–H and O–H groups in total. The van der Waals surface area contributed by atoms with Crippen molar-refractivity contribution in [3.05, 3.63) is 23.3 Å². The van der Waals surface area contributed by atoms with Crippen LogP contribution in [-0.2, 0) is 11.3 Å². The van der Waals surface area contributed by atoms with Crippen molar-refractivity contribution in [1.29, 1.82) is 0 Å². The van der Waals surface area contributed by atoms with Crippen LogP contribution in [0.2, 0.25) is 0 Å². The fourth-order valence-corrected chi connectivity index (χ4v) is 4.46. The Morgan fingerprint density at radius 3 is 2.73 bits per heavy atom. The zero-order valence-electron chi connectivity index (χ0n) is 15.8. The summed E-state index contributed by atoms with van der Waals surface area (Å²) in [5.41, 5.74) is 2.65. The van der Waals surface area contributed by atoms with E-state index in [1.165, 1.54) is 11.1 Å². The molecule has 26 heavy (non-hydrogen) atoms. The molecule has 0 aliphatic carbocycles. The molecule has 142 valence electrons. The van der Waals surface area contributed by atoms with E-state index in [-0.39, 0.29) is 11.4 Å². The van der Waals surface area contributed by atoms with Crippen molar-refractivity contribution >= 4 is 5.91 Å². The van der Waals surface area contributed by atoms with E-state index in [1.54, 1.807) is 0 Å². The van der Waals surface area contributed by atoms with E-state index in [0.717, 1.165) is 57.1 Å². The van der Waals surface area contributed by atoms with Gasteiger partial charge in [-0.1, -0.05) is 0 Å². The van der Waals surface area contributed by atoms with Crippen molar-refractivity contribution in [3.63, 3.8) is 0 Å². The zero-order valence-corrected chi connectivity index (χ0v) is 15.8. The number of benzene rings is 1. The third kappa shape index (κ3) is 3.40. The van der Waals surface area contributed by atoms with Gasteiger partial charge in [-0.05, 0) is 50.1 Å². The fraction of sp³-hybridized carbons (Fsp3) is 0.650. The lowest BCUT2D eigenvalue weighted by Gasteiger charge is -2.49. The Bertz CT molecular complexity index is 693. The molecule has 6 nitrogen and oxygen atoms in total. The molecule has 0 unspecified atom stereocenters. The Morgan fingerprint density at radius 2 is 1.92 bits per heavy atom. The van der Waals surface area contributed by atoms with Gasteiger partial charge in [-0.15, -0.1) is 0 Å². The average Bonchev–Trinajstić information content (AvgIpc) is 2.81. The number of amides is 1. The second kappa shape index (κ2) is 7.08. The Hall–Kier alpha value is -1.79. The molecular formula is C20H29N3O3. The lowest BCUT2D eigenvalue weighted by Crippen LogP contribution is -2.60. The van der Waals surface area contributed by atoms with Crippen LogP contribution in [-0.4, -0.2) is 67.7 Å². The highest BCUT2D eigenvalue weighted by molar-refractivity contribution is 5.76. The first-order valence-corrected chi connectivity index (χ1v) is 9.65. The van der Waals surface area contributed by atoms with Gasteiger partial charge in [-0.2, -0.15) is 0 Å². The van der Waals surface area contributed by atoms with E-state index in [1.807, 2.05) is 0 Å². The van der Waals surface area contributed by atoms with Gasteiger partial charge in [0.05, 0.1) is 0 Å². The molecule has 3 heterocycles. The maximum Gasteiger partial charge on any atom is 0.220 e. The van der Waals surface area contributed by atoms with Crippen molar-refractivity contribution in [3.8, 4) is 11.5 Å². The molecule has 1 aromatic rings. The van der Waals surface area contributed by atoms with E-state index in [2.05, 4.69) is 41.2 Å². The summed E-state index contributed by atoms with van der Waals surface area (Å²) in [6.07, 6.45) is 2.58. The van der Waals surface area contributed by atoms with E-state index in [4.69, 9.17) is 9.47 Å². The summed E-state index contributed by atoms with van der Waals surface area (Å²) in [5, 5.41) is 3.03. The van der Waals surface area contributed by atoms with Crippen LogP contribution in [0.1, 0.15) is 30.4 Å². The number of fused-ring (bicyclic) bond motifs is 1. The summed E-state index contributed by atoms with van der Waals surface area (Å²) in [6.45, 7) is 8.18. The number of piperazine rings is 1. The molecule has 0 aromatic heterocycles. The number of hydrogen-bond acceptors (Lipinski definition) is 5. The maximum absolute atomic E-state index is 11.8. The van der Waals surface area contributed by atoms with E-state index in [0.29, 0.717) is 19.6 Å². The first-order chi connectivity index (χ1) is 12.6. The third-order valence-electron chi connectivity index (χ3n) is 6.20. The predicted octanol–water partition coefficient (Wildman–Crippen LogP) is 1.55. The average molecular weight is 359 g/mol. The normalized spacial score (nSPS) is 27.2. The molecule has 1 amide bonds. The van der Waals surface area contributed by atoms with Crippen molar-refractivity contribution < 1.29 is 14.3 Å². The molecule has 0 radical (unpaired) electrons. The van der Waals surface area contributed by atoms with Crippen molar-refractivity contribution in [2.24, 2.45) is 0 Å². The first-order valence-electron chi connectivity index (χ1n) is 9.65. The quantitative estimate of drug-likeness (QED) is 0.868. The monoisotopic (exact) mass is 359 g/mol. The number of carbonyl (C=O) groups excluding carboxylic acids is 1. The smallest absolute Gasteiger partial charge is 0.220 e. The van der Waals surface area contributed by atoms with Gasteiger partial charge in [-0.3, -0.25) is 14.6 Å². The number of rotatable bonds is 2. The summed E-state index contributed by atoms with van der Waals surface area (Å²) >= 11 is 0. The first kappa shape index (κ1) is 17.6. The minimum absolute atomic E-state index is 0.0964. The second-order valence-electron chi connectivity index (χ2n) is 7.88. The number of likely N-dealkylation sites (N-methyl/N-ethyl adjacent to an activating group) is 1. The van der Waals surface area contributed by atoms with Crippen LogP contribution in [0, 0.1) is 6.92 Å². The number of nitrogens with zero attached hydrogens (tertiary/aromatic N) is 2. The lowest BCUT2D eigenvalue weighted by molar-refractivity contribution is -0.121. The van der Waals surface area contributed by atoms with Gasteiger partial charge >= 0.3 is 0 Å². The van der Waals surface area contributed by atoms with Gasteiger partial charge in [0.2, 0.25) is 5.91 Å². The fourth-order valence-electron chi connectivity index (χ4n) is 4.46. The van der Waals surface area contributed by atoms with E-state index < -0.39 is 0 Å². The molecule has 2 saturated heterocycles. The summed E-state index contributed by atoms with van der Waals surface area (Å²) in [4.78, 5) is 16.8. The topological polar surface area (TPSA) is 54.0 Å². The molecule has 1 spiro atoms. The Labute approximate surface area is 155 Å². The van der Waals surface area contributed by atoms with Crippen molar-refractivity contribution in [2.45, 2.75) is 38.3 Å². The van der Waals surface area contributed by atoms with Crippen LogP contribution < -0.4 is 14.8 Å². The van der Waals surface area contributed by atoms with Gasteiger partial charge in [0.25, 0.3) is 0 Å². The Kier molecular flexibility index (Phi) is 4.80. The zero-order chi connectivity index (χ0) is 18.1. The summed E-state index contributed by atoms with van der Waals surface area (Å²) < 4.78 is 11.5. The lowest BCUT2D eigenvalue weighted by atomic mass is 9.86. The van der Waals surface area contributed by atoms with Crippen LogP contribution in [0.4, 0.5) is 0 Å². The highest BCUT2D eigenvalue weighted by Crippen LogP contribution is 2.35. The number of aryl methyl sites for hydroxylation is 1. The van der Waals surface area contributed by atoms with Crippen LogP contribution in [0.5, 0.6) is 11.5 Å². The molecule has 0 saturated carbocycles. The van der Waals surface area contributed by atoms with Crippen molar-refractivity contribution in [2.75, 3.05) is 46.4 Å². The predicted molar refractivity (Wildman–Crippen MR) is 99.7 cm³/mol. The minimum atomic E-state index is 0.0964. The Balaban J connectivity index is 1.51. The number of ether oxygens (including phenoxy) is 2. The Morgan fingerprint density at radius 1 is 1.15 bits per heavy atom. The SMILES string of the molecule is Cc1cc2c(cc1CN1CCN(C)[C@]3(CCNC(=O)CC3)C1)OCCO2. The standard InChI is InChI=1S/C20H29N3O3/c1-15-11-17-18(26-10-9-25-17)12-16(15)13-23-8-7-22(2)20(14-23)4-3-19(24)21-6-5-20/h11-12H,3-10,13-14H2,1-2H3,(H,21,24)/t20-/m1/s1. The molecule has 4 rings (SSSR count). The highest BCUT2D eigenvalue weighted by atomic mass is 16.6. The van der Waals surface area contributed by atoms with Crippen LogP contribution >= 0.6 is 0 Å². The van der Waals surface area contributed by atoms with Gasteiger partial charge < -0.3 is 14.8 Å². The van der Waals surface area contributed by atoms with Crippen molar-refractivity contribution in [1.82, 2.24) is 15.1 Å². The minimum Gasteiger partial charge on any atom is -0.486 e. The summed E-state index contributed by atoms with van der Waals surface area (Å²) in [6, 6.07) is 4.25.